The van der Waals surface area contributed by atoms with E-state index in [-0.39, 0.29) is 0 Å². The minimum absolute atomic E-state index is 0.423. The highest BCUT2D eigenvalue weighted by Crippen LogP contribution is 2.28. The Morgan fingerprint density at radius 2 is 1.38 bits per heavy atom. The van der Waals surface area contributed by atoms with E-state index in [0.717, 1.165) is 17.0 Å². The molecule has 29 heavy (non-hydrogen) atoms. The van der Waals surface area contributed by atoms with Crippen LogP contribution in [0, 0.1) is 0 Å². The Bertz CT molecular complexity index is 947. The van der Waals surface area contributed by atoms with Gasteiger partial charge in [-0.25, -0.2) is 8.42 Å². The molecular formula is C19H15F3O4S3. The first-order valence-electron chi connectivity index (χ1n) is 8.04. The number of alkyl halides is 3. The van der Waals surface area contributed by atoms with Crippen molar-refractivity contribution in [3.05, 3.63) is 84.7 Å². The van der Waals surface area contributed by atoms with Gasteiger partial charge in [0.2, 0.25) is 9.79 Å². The van der Waals surface area contributed by atoms with E-state index in [1.807, 2.05) is 54.6 Å². The molecule has 10 heteroatoms. The molecule has 0 aromatic heterocycles. The lowest BCUT2D eigenvalue weighted by Crippen LogP contribution is -2.21. The number of benzene rings is 2. The van der Waals surface area contributed by atoms with Crippen molar-refractivity contribution < 1.29 is 30.3 Å². The lowest BCUT2D eigenvalue weighted by atomic mass is 10.2. The zero-order valence-corrected chi connectivity index (χ0v) is 17.2. The average molecular weight is 461 g/mol. The number of allylic oxidation sites excluding steroid dienone is 3. The molecule has 2 aromatic carbocycles. The van der Waals surface area contributed by atoms with Crippen LogP contribution < -0.4 is 0 Å². The molecule has 0 fully saturated rings. The van der Waals surface area contributed by atoms with Gasteiger partial charge in [-0.2, -0.15) is 13.2 Å². The first-order chi connectivity index (χ1) is 13.6. The van der Waals surface area contributed by atoms with Crippen LogP contribution in [-0.4, -0.2) is 23.3 Å². The van der Waals surface area contributed by atoms with Crippen LogP contribution in [0.15, 0.2) is 94.4 Å². The van der Waals surface area contributed by atoms with E-state index in [1.165, 1.54) is 9.79 Å². The predicted molar refractivity (Wildman–Crippen MR) is 108 cm³/mol. The molecule has 0 amide bonds. The molecule has 0 aliphatic heterocycles. The molecule has 154 valence electrons. The normalized spacial score (nSPS) is 14.1. The van der Waals surface area contributed by atoms with E-state index in [9.17, 15) is 13.2 Å². The second kappa shape index (κ2) is 10.1. The van der Waals surface area contributed by atoms with Crippen LogP contribution in [0.2, 0.25) is 0 Å². The lowest BCUT2D eigenvalue weighted by molar-refractivity contribution is -0.0517. The van der Waals surface area contributed by atoms with Gasteiger partial charge in [0.15, 0.2) is 15.9 Å². The first-order valence-corrected chi connectivity index (χ1v) is 11.0. The van der Waals surface area contributed by atoms with Gasteiger partial charge in [0.1, 0.15) is 0 Å². The van der Waals surface area contributed by atoms with Gasteiger partial charge in [-0.05, 0) is 42.5 Å². The Labute approximate surface area is 175 Å². The van der Waals surface area contributed by atoms with Crippen molar-refractivity contribution in [2.24, 2.45) is 0 Å². The molecule has 1 aliphatic rings. The van der Waals surface area contributed by atoms with Crippen molar-refractivity contribution in [2.45, 2.75) is 21.7 Å². The highest BCUT2D eigenvalue weighted by atomic mass is 32.2. The topological polar surface area (TPSA) is 66.4 Å². The summed E-state index contributed by atoms with van der Waals surface area (Å²) in [5.41, 5.74) is -5.65. The largest absolute Gasteiger partial charge is 0.741 e. The Morgan fingerprint density at radius 1 is 0.931 bits per heavy atom. The number of hydrogen-bond acceptors (Lipinski definition) is 5. The maximum absolute atomic E-state index is 10.7. The molecular weight excluding hydrogens is 445 g/mol. The van der Waals surface area contributed by atoms with Gasteiger partial charge >= 0.3 is 5.51 Å². The average Bonchev–Trinajstić information content (AvgIpc) is 2.68. The quantitative estimate of drug-likeness (QED) is 0.280. The van der Waals surface area contributed by atoms with Gasteiger partial charge in [-0.15, -0.1) is 0 Å². The molecule has 4 nitrogen and oxygen atoms in total. The maximum Gasteiger partial charge on any atom is 0.485 e. The molecule has 3 rings (SSSR count). The summed E-state index contributed by atoms with van der Waals surface area (Å²) < 4.78 is 65.2. The van der Waals surface area contributed by atoms with E-state index in [0.29, 0.717) is 0 Å². The van der Waals surface area contributed by atoms with Gasteiger partial charge < -0.3 is 4.55 Å². The minimum Gasteiger partial charge on any atom is -0.741 e. The number of thiocarbonyl (C=S) groups is 1. The van der Waals surface area contributed by atoms with Gasteiger partial charge in [-0.1, -0.05) is 48.6 Å². The fraction of sp³-hybridized carbons (Fsp3) is 0.105. The third-order valence-corrected chi connectivity index (χ3v) is 5.94. The molecule has 0 spiro atoms. The Balaban J connectivity index is 0.000000321. The smallest absolute Gasteiger partial charge is 0.485 e. The molecule has 0 atom stereocenters. The van der Waals surface area contributed by atoms with Crippen LogP contribution in [0.4, 0.5) is 13.2 Å². The summed E-state index contributed by atoms with van der Waals surface area (Å²) in [4.78, 5) is 3.29. The van der Waals surface area contributed by atoms with Gasteiger partial charge in [0.05, 0.1) is 0 Å². The van der Waals surface area contributed by atoms with E-state index in [1.54, 1.807) is 0 Å². The van der Waals surface area contributed by atoms with E-state index < -0.39 is 26.8 Å². The van der Waals surface area contributed by atoms with Crippen molar-refractivity contribution in [1.82, 2.24) is 0 Å². The van der Waals surface area contributed by atoms with Crippen LogP contribution in [0.5, 0.6) is 0 Å². The van der Waals surface area contributed by atoms with E-state index in [2.05, 4.69) is 24.3 Å². The van der Waals surface area contributed by atoms with Crippen LogP contribution in [0.3, 0.4) is 0 Å². The standard InChI is InChI=1S/C18H15OS2.CHF3O3S/c20-16-13-11-15(12-14-16)19-21(17-7-3-1-4-8-17)18-9-5-2-6-10-18;2-1(3,4)8(5,6)7/h1-13H,14H2;(H,5,6,7)/q+1;/p-1. The number of hydrogen-bond donors (Lipinski definition) is 0. The molecule has 0 radical (unpaired) electrons. The third-order valence-electron chi connectivity index (χ3n) is 3.32. The summed E-state index contributed by atoms with van der Waals surface area (Å²) >= 11 is 4.75. The molecule has 0 unspecified atom stereocenters. The highest BCUT2D eigenvalue weighted by Gasteiger charge is 2.37. The van der Waals surface area contributed by atoms with Crippen molar-refractivity contribution >= 4 is 38.4 Å². The van der Waals surface area contributed by atoms with Crippen molar-refractivity contribution in [1.29, 1.82) is 0 Å². The molecule has 0 saturated heterocycles. The second-order valence-corrected chi connectivity index (χ2v) is 9.03. The molecule has 2 aromatic rings. The Kier molecular flexibility index (Phi) is 8.03. The summed E-state index contributed by atoms with van der Waals surface area (Å²) in [6, 6.07) is 20.6. The molecule has 0 bridgehead atoms. The third kappa shape index (κ3) is 7.32. The Hall–Kier alpha value is -2.14. The molecule has 0 N–H and O–H groups in total. The SMILES string of the molecule is O=S(=O)([O-])C(F)(F)F.S=C1C=CC(O[S+](c2ccccc2)c2ccccc2)=CC1. The monoisotopic (exact) mass is 460 g/mol. The molecule has 0 saturated carbocycles. The number of halogens is 3. The van der Waals surface area contributed by atoms with Crippen LogP contribution >= 0.6 is 12.2 Å². The van der Waals surface area contributed by atoms with Crippen molar-refractivity contribution in [3.63, 3.8) is 0 Å². The minimum atomic E-state index is -6.09. The fourth-order valence-corrected chi connectivity index (χ4v) is 3.73. The van der Waals surface area contributed by atoms with Crippen LogP contribution in [0.25, 0.3) is 0 Å². The number of rotatable bonds is 4. The van der Waals surface area contributed by atoms with Crippen LogP contribution in [-0.2, 0) is 25.5 Å². The summed E-state index contributed by atoms with van der Waals surface area (Å²) in [5.74, 6) is 0.889. The predicted octanol–water partition coefficient (Wildman–Crippen LogP) is 4.92. The highest BCUT2D eigenvalue weighted by molar-refractivity contribution is 7.92. The zero-order chi connectivity index (χ0) is 21.5. The van der Waals surface area contributed by atoms with Gasteiger partial charge in [-0.3, -0.25) is 4.18 Å². The Morgan fingerprint density at radius 3 is 1.72 bits per heavy atom. The van der Waals surface area contributed by atoms with Gasteiger partial charge in [0, 0.05) is 11.3 Å². The first kappa shape index (κ1) is 23.1. The summed E-state index contributed by atoms with van der Waals surface area (Å²) in [5, 5.41) is 0. The lowest BCUT2D eigenvalue weighted by Gasteiger charge is -2.10. The van der Waals surface area contributed by atoms with E-state index in [4.69, 9.17) is 29.4 Å². The zero-order valence-electron chi connectivity index (χ0n) is 14.7. The summed E-state index contributed by atoms with van der Waals surface area (Å²) in [6.45, 7) is 0. The van der Waals surface area contributed by atoms with Crippen molar-refractivity contribution in [3.8, 4) is 0 Å². The van der Waals surface area contributed by atoms with Gasteiger partial charge in [0.25, 0.3) is 11.2 Å². The van der Waals surface area contributed by atoms with Crippen LogP contribution in [0.1, 0.15) is 6.42 Å². The molecule has 1 aliphatic carbocycles. The summed E-state index contributed by atoms with van der Waals surface area (Å²) in [6.07, 6.45) is 6.73. The fourth-order valence-electron chi connectivity index (χ4n) is 1.99. The summed E-state index contributed by atoms with van der Waals surface area (Å²) in [7, 11) is -6.09. The maximum atomic E-state index is 10.7. The van der Waals surface area contributed by atoms with Crippen molar-refractivity contribution in [2.75, 3.05) is 0 Å². The van der Waals surface area contributed by atoms with E-state index >= 15 is 0 Å². The molecule has 0 heterocycles. The second-order valence-electron chi connectivity index (χ2n) is 5.49.